The largest absolute Gasteiger partial charge is 0.497 e. The number of amides is 1. The van der Waals surface area contributed by atoms with E-state index in [-0.39, 0.29) is 23.7 Å². The lowest BCUT2D eigenvalue weighted by Crippen LogP contribution is -2.61. The molecule has 0 radical (unpaired) electrons. The van der Waals surface area contributed by atoms with Crippen LogP contribution in [0, 0.1) is 11.7 Å². The fourth-order valence-electron chi connectivity index (χ4n) is 5.62. The van der Waals surface area contributed by atoms with E-state index < -0.39 is 0 Å². The van der Waals surface area contributed by atoms with Crippen LogP contribution in [0.25, 0.3) is 0 Å². The first-order valence-corrected chi connectivity index (χ1v) is 12.9. The van der Waals surface area contributed by atoms with Gasteiger partial charge in [0.2, 0.25) is 5.91 Å². The summed E-state index contributed by atoms with van der Waals surface area (Å²) in [5.74, 6) is 1.35. The summed E-state index contributed by atoms with van der Waals surface area (Å²) < 4.78 is 24.4. The number of nitrogens with zero attached hydrogens (tertiary/aromatic N) is 2. The zero-order valence-electron chi connectivity index (χ0n) is 21.5. The van der Waals surface area contributed by atoms with Crippen LogP contribution in [-0.2, 0) is 24.2 Å². The minimum atomic E-state index is -0.226. The lowest BCUT2D eigenvalue weighted by Gasteiger charge is -2.49. The smallest absolute Gasteiger partial charge is 0.225 e. The monoisotopic (exact) mass is 503 g/mol. The molecule has 2 heterocycles. The number of hydrogen-bond donors (Lipinski definition) is 1. The summed E-state index contributed by atoms with van der Waals surface area (Å²) >= 11 is 0. The summed E-state index contributed by atoms with van der Waals surface area (Å²) in [7, 11) is 3.35. The van der Waals surface area contributed by atoms with Gasteiger partial charge in [-0.1, -0.05) is 36.4 Å². The number of hydrogen-bond acceptors (Lipinski definition) is 5. The van der Waals surface area contributed by atoms with Crippen LogP contribution in [-0.4, -0.2) is 57.2 Å². The van der Waals surface area contributed by atoms with Crippen LogP contribution in [0.4, 0.5) is 10.1 Å². The maximum Gasteiger partial charge on any atom is 0.225 e. The summed E-state index contributed by atoms with van der Waals surface area (Å²) in [6.07, 6.45) is 1.40. The third-order valence-electron chi connectivity index (χ3n) is 7.55. The predicted molar refractivity (Wildman–Crippen MR) is 143 cm³/mol. The maximum atomic E-state index is 13.6. The first kappa shape index (κ1) is 25.1. The van der Waals surface area contributed by atoms with Crippen LogP contribution < -0.4 is 19.7 Å². The molecule has 1 N–H and O–H groups in total. The van der Waals surface area contributed by atoms with E-state index in [4.69, 9.17) is 9.47 Å². The van der Waals surface area contributed by atoms with Gasteiger partial charge in [0, 0.05) is 44.5 Å². The minimum absolute atomic E-state index is 0.0417. The summed E-state index contributed by atoms with van der Waals surface area (Å²) in [4.78, 5) is 18.3. The van der Waals surface area contributed by atoms with Crippen molar-refractivity contribution < 1.29 is 18.7 Å². The van der Waals surface area contributed by atoms with Gasteiger partial charge in [0.25, 0.3) is 0 Å². The van der Waals surface area contributed by atoms with Crippen molar-refractivity contribution in [3.05, 3.63) is 89.2 Å². The van der Waals surface area contributed by atoms with Gasteiger partial charge in [0.1, 0.15) is 17.3 Å². The van der Waals surface area contributed by atoms with Gasteiger partial charge in [-0.3, -0.25) is 9.69 Å². The van der Waals surface area contributed by atoms with Crippen molar-refractivity contribution >= 4 is 11.6 Å². The molecule has 2 unspecified atom stereocenters. The van der Waals surface area contributed by atoms with Crippen molar-refractivity contribution in [2.24, 2.45) is 5.92 Å². The molecule has 7 heteroatoms. The highest BCUT2D eigenvalue weighted by atomic mass is 19.1. The van der Waals surface area contributed by atoms with Gasteiger partial charge < -0.3 is 19.7 Å². The van der Waals surface area contributed by atoms with Crippen molar-refractivity contribution in [3.8, 4) is 11.5 Å². The molecule has 5 rings (SSSR count). The van der Waals surface area contributed by atoms with Gasteiger partial charge in [0.15, 0.2) is 0 Å². The van der Waals surface area contributed by atoms with Gasteiger partial charge >= 0.3 is 0 Å². The van der Waals surface area contributed by atoms with E-state index in [9.17, 15) is 9.18 Å². The van der Waals surface area contributed by atoms with Crippen molar-refractivity contribution in [1.82, 2.24) is 10.2 Å². The van der Waals surface area contributed by atoms with Gasteiger partial charge in [-0.2, -0.15) is 0 Å². The second-order valence-electron chi connectivity index (χ2n) is 9.78. The molecular formula is C30H34FN3O3. The molecule has 6 nitrogen and oxygen atoms in total. The number of nitrogens with one attached hydrogen (secondary N) is 1. The normalized spacial score (nSPS) is 19.1. The number of anilines is 1. The average molecular weight is 504 g/mol. The average Bonchev–Trinajstić information content (AvgIpc) is 2.93. The molecule has 3 aromatic carbocycles. The Morgan fingerprint density at radius 1 is 1.03 bits per heavy atom. The Morgan fingerprint density at radius 3 is 2.62 bits per heavy atom. The molecule has 2 atom stereocenters. The van der Waals surface area contributed by atoms with Gasteiger partial charge in [-0.25, -0.2) is 4.39 Å². The molecule has 0 aliphatic carbocycles. The minimum Gasteiger partial charge on any atom is -0.497 e. The van der Waals surface area contributed by atoms with Gasteiger partial charge in [-0.05, 0) is 53.8 Å². The third kappa shape index (κ3) is 5.57. The van der Waals surface area contributed by atoms with Crippen LogP contribution in [0.2, 0.25) is 0 Å². The zero-order valence-corrected chi connectivity index (χ0v) is 21.5. The van der Waals surface area contributed by atoms with E-state index in [1.165, 1.54) is 17.7 Å². The zero-order chi connectivity index (χ0) is 25.8. The number of fused-ring (bicyclic) bond motifs is 3. The number of para-hydroxylation sites is 1. The molecule has 3 aromatic rings. The number of methoxy groups -OCH3 is 2. The Labute approximate surface area is 218 Å². The number of ether oxygens (including phenoxy) is 2. The Hall–Kier alpha value is -3.58. The van der Waals surface area contributed by atoms with Crippen LogP contribution in [0.3, 0.4) is 0 Å². The van der Waals surface area contributed by atoms with E-state index in [1.54, 1.807) is 14.2 Å². The molecule has 1 fully saturated rings. The number of piperazine rings is 1. The van der Waals surface area contributed by atoms with E-state index in [0.717, 1.165) is 54.5 Å². The molecule has 2 aliphatic rings. The van der Waals surface area contributed by atoms with Crippen molar-refractivity contribution in [3.63, 3.8) is 0 Å². The van der Waals surface area contributed by atoms with E-state index in [2.05, 4.69) is 27.2 Å². The van der Waals surface area contributed by atoms with Crippen LogP contribution in [0.15, 0.2) is 66.7 Å². The molecule has 1 amide bonds. The predicted octanol–water partition coefficient (Wildman–Crippen LogP) is 4.06. The number of carbonyl (C=O) groups is 1. The maximum absolute atomic E-state index is 13.6. The van der Waals surface area contributed by atoms with Crippen molar-refractivity contribution in [2.75, 3.05) is 45.3 Å². The van der Waals surface area contributed by atoms with E-state index in [0.29, 0.717) is 19.4 Å². The molecular weight excluding hydrogens is 469 g/mol. The Bertz CT molecular complexity index is 1230. The molecule has 0 spiro atoms. The second kappa shape index (κ2) is 11.2. The first-order chi connectivity index (χ1) is 18.1. The highest BCUT2D eigenvalue weighted by Gasteiger charge is 2.41. The van der Waals surface area contributed by atoms with E-state index >= 15 is 0 Å². The molecule has 0 saturated carbocycles. The summed E-state index contributed by atoms with van der Waals surface area (Å²) in [6.45, 7) is 3.73. The van der Waals surface area contributed by atoms with Crippen molar-refractivity contribution in [2.45, 2.75) is 25.4 Å². The first-order valence-electron chi connectivity index (χ1n) is 12.9. The lowest BCUT2D eigenvalue weighted by molar-refractivity contribution is -0.126. The molecule has 194 valence electrons. The van der Waals surface area contributed by atoms with Crippen molar-refractivity contribution in [1.29, 1.82) is 0 Å². The lowest BCUT2D eigenvalue weighted by atomic mass is 9.83. The number of rotatable bonds is 8. The molecule has 37 heavy (non-hydrogen) atoms. The highest BCUT2D eigenvalue weighted by Crippen LogP contribution is 2.38. The molecule has 0 bridgehead atoms. The summed E-state index contributed by atoms with van der Waals surface area (Å²) in [6, 6.07) is 20.8. The molecule has 2 aliphatic heterocycles. The number of carbonyl (C=O) groups excluding carboxylic acids is 1. The highest BCUT2D eigenvalue weighted by molar-refractivity contribution is 5.82. The number of benzene rings is 3. The topological polar surface area (TPSA) is 54.0 Å². The van der Waals surface area contributed by atoms with Crippen LogP contribution in [0.1, 0.15) is 16.7 Å². The Kier molecular flexibility index (Phi) is 7.60. The van der Waals surface area contributed by atoms with E-state index in [1.807, 2.05) is 42.5 Å². The quantitative estimate of drug-likeness (QED) is 0.503. The van der Waals surface area contributed by atoms with Gasteiger partial charge in [-0.15, -0.1) is 0 Å². The number of halogens is 1. The second-order valence-corrected chi connectivity index (χ2v) is 9.78. The Balaban J connectivity index is 1.33. The standard InChI is InChI=1S/C30H34FN3O3/c1-36-25-12-9-23-17-26(30(35)32-14-13-22-5-3-4-6-29(22)37-2)28-20-33(15-16-34(28)27(23)18-25)19-21-7-10-24(31)11-8-21/h3-12,18,26,28H,13-17,19-20H2,1-2H3,(H,32,35). The molecule has 0 aromatic heterocycles. The van der Waals surface area contributed by atoms with Crippen LogP contribution >= 0.6 is 0 Å². The van der Waals surface area contributed by atoms with Crippen LogP contribution in [0.5, 0.6) is 11.5 Å². The summed E-state index contributed by atoms with van der Waals surface area (Å²) in [5.41, 5.74) is 4.49. The third-order valence-corrected chi connectivity index (χ3v) is 7.55. The fraction of sp³-hybridized carbons (Fsp3) is 0.367. The summed E-state index contributed by atoms with van der Waals surface area (Å²) in [5, 5.41) is 3.20. The SMILES string of the molecule is COc1ccc2c(c1)N1CCN(Cc3ccc(F)cc3)CC1C(C(=O)NCCc1ccccc1OC)C2. The van der Waals surface area contributed by atoms with Gasteiger partial charge in [0.05, 0.1) is 26.2 Å². The Morgan fingerprint density at radius 2 is 1.84 bits per heavy atom. The molecule has 1 saturated heterocycles. The fourth-order valence-corrected chi connectivity index (χ4v) is 5.62.